The minimum absolute atomic E-state index is 0.0294. The predicted octanol–water partition coefficient (Wildman–Crippen LogP) is 0.579. The fourth-order valence-electron chi connectivity index (χ4n) is 1.84. The number of carbonyl (C=O) groups is 2. The van der Waals surface area contributed by atoms with Crippen LogP contribution in [0.2, 0.25) is 0 Å². The molecule has 1 aliphatic rings. The highest BCUT2D eigenvalue weighted by Crippen LogP contribution is 2.34. The molecule has 0 atom stereocenters. The van der Waals surface area contributed by atoms with Crippen molar-refractivity contribution < 1.29 is 9.59 Å². The Morgan fingerprint density at radius 2 is 1.73 bits per heavy atom. The third-order valence-electron chi connectivity index (χ3n) is 2.97. The van der Waals surface area contributed by atoms with Crippen molar-refractivity contribution in [1.82, 2.24) is 9.80 Å². The number of likely N-dealkylation sites (N-methyl/N-ethyl adjacent to an activating group) is 2. The Morgan fingerprint density at radius 1 is 1.20 bits per heavy atom. The van der Waals surface area contributed by atoms with Crippen molar-refractivity contribution >= 4 is 11.8 Å². The van der Waals surface area contributed by atoms with Crippen molar-refractivity contribution in [1.29, 1.82) is 0 Å². The van der Waals surface area contributed by atoms with Gasteiger partial charge in [-0.1, -0.05) is 6.92 Å². The maximum absolute atomic E-state index is 11.8. The Balaban J connectivity index is 2.37. The maximum atomic E-state index is 11.8. The molecule has 15 heavy (non-hydrogen) atoms. The minimum Gasteiger partial charge on any atom is -0.347 e. The number of amides is 2. The van der Waals surface area contributed by atoms with E-state index >= 15 is 0 Å². The predicted molar refractivity (Wildman–Crippen MR) is 58.2 cm³/mol. The molecule has 0 radical (unpaired) electrons. The van der Waals surface area contributed by atoms with Crippen LogP contribution in [0.4, 0.5) is 0 Å². The van der Waals surface area contributed by atoms with E-state index in [2.05, 4.69) is 6.92 Å². The van der Waals surface area contributed by atoms with E-state index in [1.807, 2.05) is 0 Å². The number of rotatable bonds is 3. The molecule has 0 N–H and O–H groups in total. The Morgan fingerprint density at radius 3 is 2.13 bits per heavy atom. The monoisotopic (exact) mass is 212 g/mol. The molecule has 0 aliphatic heterocycles. The van der Waals surface area contributed by atoms with Crippen LogP contribution in [0, 0.1) is 11.8 Å². The summed E-state index contributed by atoms with van der Waals surface area (Å²) in [6.07, 6.45) is 1.94. The second kappa shape index (κ2) is 4.64. The van der Waals surface area contributed by atoms with Crippen LogP contribution in [-0.4, -0.2) is 49.3 Å². The highest BCUT2D eigenvalue weighted by atomic mass is 16.2. The molecule has 86 valence electrons. The van der Waals surface area contributed by atoms with E-state index in [0.29, 0.717) is 5.92 Å². The van der Waals surface area contributed by atoms with Crippen LogP contribution in [0.15, 0.2) is 0 Å². The first kappa shape index (κ1) is 12.0. The smallest absolute Gasteiger partial charge is 0.241 e. The van der Waals surface area contributed by atoms with E-state index < -0.39 is 0 Å². The van der Waals surface area contributed by atoms with E-state index in [-0.39, 0.29) is 24.3 Å². The molecule has 1 saturated carbocycles. The highest BCUT2D eigenvalue weighted by Gasteiger charge is 2.33. The molecular formula is C11H20N2O2. The van der Waals surface area contributed by atoms with Crippen LogP contribution in [0.25, 0.3) is 0 Å². The summed E-state index contributed by atoms with van der Waals surface area (Å²) in [5.74, 6) is 0.901. The lowest BCUT2D eigenvalue weighted by molar-refractivity contribution is -0.143. The quantitative estimate of drug-likeness (QED) is 0.686. The first-order chi connectivity index (χ1) is 6.91. The van der Waals surface area contributed by atoms with Gasteiger partial charge in [-0.2, -0.15) is 0 Å². The van der Waals surface area contributed by atoms with Gasteiger partial charge in [0.15, 0.2) is 0 Å². The van der Waals surface area contributed by atoms with Crippen molar-refractivity contribution in [2.45, 2.75) is 19.8 Å². The molecular weight excluding hydrogens is 192 g/mol. The Labute approximate surface area is 91.2 Å². The Hall–Kier alpha value is -1.06. The summed E-state index contributed by atoms with van der Waals surface area (Å²) in [6.45, 7) is 2.34. The van der Waals surface area contributed by atoms with Crippen molar-refractivity contribution in [3.8, 4) is 0 Å². The van der Waals surface area contributed by atoms with E-state index in [0.717, 1.165) is 12.8 Å². The molecule has 1 rings (SSSR count). The number of carbonyl (C=O) groups excluding carboxylic acids is 2. The third kappa shape index (κ3) is 2.94. The van der Waals surface area contributed by atoms with Gasteiger partial charge in [-0.25, -0.2) is 0 Å². The molecule has 4 heteroatoms. The summed E-state index contributed by atoms with van der Waals surface area (Å²) in [6, 6.07) is 0. The summed E-state index contributed by atoms with van der Waals surface area (Å²) in [4.78, 5) is 26.2. The Kier molecular flexibility index (Phi) is 3.72. The summed E-state index contributed by atoms with van der Waals surface area (Å²) >= 11 is 0. The van der Waals surface area contributed by atoms with Gasteiger partial charge in [0.1, 0.15) is 0 Å². The van der Waals surface area contributed by atoms with Crippen LogP contribution < -0.4 is 0 Å². The SMILES string of the molecule is CC1CC(C(=O)N(C)CC(=O)N(C)C)C1. The third-order valence-corrected chi connectivity index (χ3v) is 2.97. The van der Waals surface area contributed by atoms with Gasteiger partial charge in [0.05, 0.1) is 6.54 Å². The molecule has 0 saturated heterocycles. The first-order valence-corrected chi connectivity index (χ1v) is 5.37. The van der Waals surface area contributed by atoms with Gasteiger partial charge >= 0.3 is 0 Å². The highest BCUT2D eigenvalue weighted by molar-refractivity contribution is 5.85. The molecule has 0 heterocycles. The molecule has 0 aromatic heterocycles. The second-order valence-corrected chi connectivity index (χ2v) is 4.76. The van der Waals surface area contributed by atoms with E-state index in [4.69, 9.17) is 0 Å². The van der Waals surface area contributed by atoms with Gasteiger partial charge in [0.2, 0.25) is 11.8 Å². The van der Waals surface area contributed by atoms with Gasteiger partial charge in [-0.05, 0) is 18.8 Å². The van der Waals surface area contributed by atoms with Gasteiger partial charge in [0, 0.05) is 27.1 Å². The maximum Gasteiger partial charge on any atom is 0.241 e. The van der Waals surface area contributed by atoms with Crippen LogP contribution in [0.1, 0.15) is 19.8 Å². The zero-order valence-corrected chi connectivity index (χ0v) is 9.99. The van der Waals surface area contributed by atoms with Crippen molar-refractivity contribution in [2.75, 3.05) is 27.7 Å². The average molecular weight is 212 g/mol. The normalized spacial score (nSPS) is 24.3. The molecule has 2 amide bonds. The second-order valence-electron chi connectivity index (χ2n) is 4.76. The van der Waals surface area contributed by atoms with Crippen LogP contribution >= 0.6 is 0 Å². The topological polar surface area (TPSA) is 40.6 Å². The zero-order valence-electron chi connectivity index (χ0n) is 9.99. The molecule has 1 fully saturated rings. The minimum atomic E-state index is -0.0294. The zero-order chi connectivity index (χ0) is 11.6. The summed E-state index contributed by atoms with van der Waals surface area (Å²) in [7, 11) is 5.10. The lowest BCUT2D eigenvalue weighted by Gasteiger charge is -2.34. The fraction of sp³-hybridized carbons (Fsp3) is 0.818. The van der Waals surface area contributed by atoms with Crippen LogP contribution in [-0.2, 0) is 9.59 Å². The van der Waals surface area contributed by atoms with Gasteiger partial charge in [-0.3, -0.25) is 9.59 Å². The van der Waals surface area contributed by atoms with Gasteiger partial charge in [0.25, 0.3) is 0 Å². The van der Waals surface area contributed by atoms with Gasteiger partial charge < -0.3 is 9.80 Å². The average Bonchev–Trinajstić information content (AvgIpc) is 2.11. The number of hydrogen-bond donors (Lipinski definition) is 0. The number of nitrogens with zero attached hydrogens (tertiary/aromatic N) is 2. The molecule has 0 aromatic rings. The lowest BCUT2D eigenvalue weighted by Crippen LogP contribution is -2.43. The summed E-state index contributed by atoms with van der Waals surface area (Å²) < 4.78 is 0. The molecule has 0 bridgehead atoms. The molecule has 0 spiro atoms. The molecule has 0 unspecified atom stereocenters. The standard InChI is InChI=1S/C11H20N2O2/c1-8-5-9(6-8)11(15)13(4)7-10(14)12(2)3/h8-9H,5-7H2,1-4H3. The van der Waals surface area contributed by atoms with E-state index in [1.165, 1.54) is 4.90 Å². The molecule has 0 aromatic carbocycles. The largest absolute Gasteiger partial charge is 0.347 e. The van der Waals surface area contributed by atoms with Crippen molar-refractivity contribution in [3.05, 3.63) is 0 Å². The number of hydrogen-bond acceptors (Lipinski definition) is 2. The van der Waals surface area contributed by atoms with E-state index in [1.54, 1.807) is 26.0 Å². The first-order valence-electron chi connectivity index (χ1n) is 5.37. The summed E-state index contributed by atoms with van der Waals surface area (Å²) in [5, 5.41) is 0. The Bertz CT molecular complexity index is 257. The van der Waals surface area contributed by atoms with E-state index in [9.17, 15) is 9.59 Å². The van der Waals surface area contributed by atoms with Crippen LogP contribution in [0.5, 0.6) is 0 Å². The van der Waals surface area contributed by atoms with Crippen LogP contribution in [0.3, 0.4) is 0 Å². The molecule has 4 nitrogen and oxygen atoms in total. The lowest BCUT2D eigenvalue weighted by atomic mass is 9.75. The summed E-state index contributed by atoms with van der Waals surface area (Å²) in [5.41, 5.74) is 0. The fourth-order valence-corrected chi connectivity index (χ4v) is 1.84. The van der Waals surface area contributed by atoms with Crippen molar-refractivity contribution in [2.24, 2.45) is 11.8 Å². The van der Waals surface area contributed by atoms with Gasteiger partial charge in [-0.15, -0.1) is 0 Å². The van der Waals surface area contributed by atoms with Crippen molar-refractivity contribution in [3.63, 3.8) is 0 Å². The molecule has 1 aliphatic carbocycles.